The molecule has 8 nitrogen and oxygen atoms in total. The predicted molar refractivity (Wildman–Crippen MR) is 138 cm³/mol. The monoisotopic (exact) mass is 621 g/mol. The van der Waals surface area contributed by atoms with Crippen LogP contribution in [0.25, 0.3) is 0 Å². The highest BCUT2D eigenvalue weighted by molar-refractivity contribution is 6.06. The number of nitrogens with zero attached hydrogens (tertiary/aromatic N) is 3. The van der Waals surface area contributed by atoms with E-state index in [0.717, 1.165) is 19.3 Å². The molecule has 1 saturated heterocycles. The van der Waals surface area contributed by atoms with Gasteiger partial charge in [0.05, 0.1) is 17.2 Å². The summed E-state index contributed by atoms with van der Waals surface area (Å²) < 4.78 is 97.8. The summed E-state index contributed by atoms with van der Waals surface area (Å²) in [5.41, 5.74) is -0.901. The van der Waals surface area contributed by atoms with Gasteiger partial charge in [-0.2, -0.15) is 13.2 Å². The molecule has 3 aliphatic rings. The molecule has 1 aromatic carbocycles. The second-order valence-corrected chi connectivity index (χ2v) is 11.2. The molecule has 2 aliphatic heterocycles. The minimum atomic E-state index is -4.89. The Morgan fingerprint density at radius 1 is 1.07 bits per heavy atom. The molecule has 1 spiro atoms. The van der Waals surface area contributed by atoms with Crippen molar-refractivity contribution in [3.63, 3.8) is 0 Å². The number of carbonyl (C=O) groups is 3. The molecule has 4 heterocycles. The number of benzene rings is 1. The zero-order valence-corrected chi connectivity index (χ0v) is 22.7. The van der Waals surface area contributed by atoms with Gasteiger partial charge in [-0.1, -0.05) is 0 Å². The molecule has 0 saturated carbocycles. The Kier molecular flexibility index (Phi) is 6.89. The number of carbonyl (C=O) groups excluding carboxylic acids is 3. The number of aromatic nitrogens is 2. The van der Waals surface area contributed by atoms with Crippen LogP contribution in [0, 0.1) is 23.3 Å². The molecule has 2 N–H and O–H groups in total. The van der Waals surface area contributed by atoms with E-state index in [1.807, 2.05) is 0 Å². The second-order valence-electron chi connectivity index (χ2n) is 11.2. The number of rotatable bonds is 4. The van der Waals surface area contributed by atoms with Crippen molar-refractivity contribution in [1.29, 1.82) is 0 Å². The summed E-state index contributed by atoms with van der Waals surface area (Å²) >= 11 is 0. The maximum absolute atomic E-state index is 14.7. The highest BCUT2D eigenvalue weighted by atomic mass is 19.4. The molecule has 6 rings (SSSR count). The highest BCUT2D eigenvalue weighted by Gasteiger charge is 2.52. The number of likely N-dealkylation sites (tertiary alicyclic amines) is 1. The van der Waals surface area contributed by atoms with Crippen LogP contribution in [-0.4, -0.2) is 57.4 Å². The fraction of sp³-hybridized carbons (Fsp3) is 0.345. The molecule has 1 aliphatic carbocycles. The van der Waals surface area contributed by atoms with E-state index in [9.17, 15) is 45.1 Å². The lowest BCUT2D eigenvalue weighted by molar-refractivity contribution is -0.170. The lowest BCUT2D eigenvalue weighted by Gasteiger charge is -2.43. The fourth-order valence-electron chi connectivity index (χ4n) is 6.44. The molecule has 3 amide bonds. The summed E-state index contributed by atoms with van der Waals surface area (Å²) in [6.07, 6.45) is -3.16. The first kappa shape index (κ1) is 29.5. The number of anilines is 1. The Bertz CT molecular complexity index is 1730. The molecule has 4 unspecified atom stereocenters. The van der Waals surface area contributed by atoms with Crippen molar-refractivity contribution in [2.75, 3.05) is 11.9 Å². The van der Waals surface area contributed by atoms with E-state index in [2.05, 4.69) is 20.6 Å². The van der Waals surface area contributed by atoms with Crippen molar-refractivity contribution in [2.24, 2.45) is 0 Å². The van der Waals surface area contributed by atoms with Crippen LogP contribution >= 0.6 is 0 Å². The van der Waals surface area contributed by atoms with Crippen LogP contribution in [0.15, 0.2) is 36.7 Å². The smallest absolute Gasteiger partial charge is 0.340 e. The maximum atomic E-state index is 14.7. The minimum absolute atomic E-state index is 0.0415. The van der Waals surface area contributed by atoms with E-state index in [4.69, 9.17) is 0 Å². The van der Waals surface area contributed by atoms with Crippen molar-refractivity contribution in [1.82, 2.24) is 20.2 Å². The lowest BCUT2D eigenvalue weighted by Crippen LogP contribution is -2.60. The number of amides is 3. The van der Waals surface area contributed by atoms with Gasteiger partial charge < -0.3 is 15.5 Å². The van der Waals surface area contributed by atoms with Crippen LogP contribution in [0.1, 0.15) is 52.0 Å². The predicted octanol–water partition coefficient (Wildman–Crippen LogP) is 4.09. The summed E-state index contributed by atoms with van der Waals surface area (Å²) in [6.45, 7) is -0.606. The number of hydrogen-bond donors (Lipinski definition) is 2. The summed E-state index contributed by atoms with van der Waals surface area (Å²) in [4.78, 5) is 48.0. The molecule has 230 valence electrons. The topological polar surface area (TPSA) is 104 Å². The number of alkyl halides is 3. The van der Waals surface area contributed by atoms with E-state index in [1.165, 1.54) is 12.1 Å². The maximum Gasteiger partial charge on any atom is 0.406 e. The Hall–Kier alpha value is -4.56. The molecule has 15 heteroatoms. The molecule has 0 bridgehead atoms. The van der Waals surface area contributed by atoms with E-state index < -0.39 is 89.1 Å². The van der Waals surface area contributed by atoms with Gasteiger partial charge in [0.25, 0.3) is 5.91 Å². The number of piperidine rings is 1. The van der Waals surface area contributed by atoms with Crippen molar-refractivity contribution in [2.45, 2.75) is 55.8 Å². The van der Waals surface area contributed by atoms with E-state index in [0.29, 0.717) is 33.9 Å². The molecule has 1 fully saturated rings. The van der Waals surface area contributed by atoms with Crippen molar-refractivity contribution in [3.05, 3.63) is 87.9 Å². The standard InChI is InChI=1S/C29H22F7N5O3/c1-12-16(22-18(31)2-3-19(32)23(22)33)6-20(26(43)41(12)11-29(34,35)36)39-25(42)14-4-13-7-28(8-21(13)37-9-14)17-5-15(30)10-38-24(17)40-27(28)44/h2-5,9-10,12,16,20H,6-8,11H2,1H3,(H,39,42)(H,38,40,44). The number of fused-ring (bicyclic) bond motifs is 3. The summed E-state index contributed by atoms with van der Waals surface area (Å²) in [5, 5.41) is 4.96. The van der Waals surface area contributed by atoms with E-state index in [-0.39, 0.29) is 24.2 Å². The van der Waals surface area contributed by atoms with E-state index in [1.54, 1.807) is 0 Å². The van der Waals surface area contributed by atoms with Crippen molar-refractivity contribution in [3.8, 4) is 0 Å². The first-order valence-electron chi connectivity index (χ1n) is 13.5. The third-order valence-corrected chi connectivity index (χ3v) is 8.57. The van der Waals surface area contributed by atoms with Gasteiger partial charge in [0, 0.05) is 41.4 Å². The van der Waals surface area contributed by atoms with Crippen molar-refractivity contribution >= 4 is 23.5 Å². The lowest BCUT2D eigenvalue weighted by atomic mass is 9.79. The Labute approximate surface area is 244 Å². The first-order valence-corrected chi connectivity index (χ1v) is 13.5. The van der Waals surface area contributed by atoms with Crippen LogP contribution in [0.4, 0.5) is 36.6 Å². The molecule has 44 heavy (non-hydrogen) atoms. The van der Waals surface area contributed by atoms with Gasteiger partial charge in [-0.3, -0.25) is 19.4 Å². The number of pyridine rings is 2. The normalized spacial score (nSPS) is 24.4. The van der Waals surface area contributed by atoms with Gasteiger partial charge >= 0.3 is 6.18 Å². The number of nitrogens with one attached hydrogen (secondary N) is 2. The summed E-state index contributed by atoms with van der Waals surface area (Å²) in [6, 6.07) is 0.704. The Morgan fingerprint density at radius 2 is 1.80 bits per heavy atom. The molecule has 4 atom stereocenters. The quantitative estimate of drug-likeness (QED) is 0.338. The SMILES string of the molecule is CC1C(c2c(F)ccc(F)c2F)CC(NC(=O)c2cnc3c(c2)CC2(C3)C(=O)Nc3ncc(F)cc32)C(=O)N1CC(F)(F)F. The average Bonchev–Trinajstić information content (AvgIpc) is 3.47. The van der Waals surface area contributed by atoms with Gasteiger partial charge in [-0.25, -0.2) is 22.5 Å². The Balaban J connectivity index is 1.28. The zero-order chi connectivity index (χ0) is 31.7. The van der Waals surface area contributed by atoms with Crippen LogP contribution in [-0.2, 0) is 27.8 Å². The van der Waals surface area contributed by atoms with Gasteiger partial charge in [0.1, 0.15) is 30.0 Å². The van der Waals surface area contributed by atoms with Crippen LogP contribution in [0.5, 0.6) is 0 Å². The fourth-order valence-corrected chi connectivity index (χ4v) is 6.44. The Morgan fingerprint density at radius 3 is 2.52 bits per heavy atom. The molecule has 2 aromatic heterocycles. The first-order chi connectivity index (χ1) is 20.7. The highest BCUT2D eigenvalue weighted by Crippen LogP contribution is 2.46. The number of halogens is 7. The summed E-state index contributed by atoms with van der Waals surface area (Å²) in [5.74, 6) is -8.61. The summed E-state index contributed by atoms with van der Waals surface area (Å²) in [7, 11) is 0. The molecule has 3 aromatic rings. The van der Waals surface area contributed by atoms with Crippen LogP contribution < -0.4 is 10.6 Å². The third kappa shape index (κ3) is 4.83. The average molecular weight is 622 g/mol. The minimum Gasteiger partial charge on any atom is -0.340 e. The van der Waals surface area contributed by atoms with Gasteiger partial charge in [0.2, 0.25) is 11.8 Å². The number of hydrogen-bond acceptors (Lipinski definition) is 5. The molecule has 0 radical (unpaired) electrons. The van der Waals surface area contributed by atoms with Gasteiger partial charge in [-0.15, -0.1) is 0 Å². The van der Waals surface area contributed by atoms with E-state index >= 15 is 0 Å². The van der Waals surface area contributed by atoms with Crippen LogP contribution in [0.3, 0.4) is 0 Å². The second kappa shape index (κ2) is 10.3. The van der Waals surface area contributed by atoms with Gasteiger partial charge in [-0.05, 0) is 49.6 Å². The third-order valence-electron chi connectivity index (χ3n) is 8.57. The largest absolute Gasteiger partial charge is 0.406 e. The van der Waals surface area contributed by atoms with Crippen molar-refractivity contribution < 1.29 is 45.1 Å². The molecular formula is C29H22F7N5O3. The van der Waals surface area contributed by atoms with Crippen LogP contribution in [0.2, 0.25) is 0 Å². The van der Waals surface area contributed by atoms with Gasteiger partial charge in [0.15, 0.2) is 11.6 Å². The zero-order valence-electron chi connectivity index (χ0n) is 22.7. The molecular weight excluding hydrogens is 599 g/mol.